The van der Waals surface area contributed by atoms with Gasteiger partial charge in [0.15, 0.2) is 4.34 Å². The van der Waals surface area contributed by atoms with E-state index in [4.69, 9.17) is 4.42 Å². The molecule has 0 saturated carbocycles. The first kappa shape index (κ1) is 19.1. The van der Waals surface area contributed by atoms with Crippen LogP contribution in [0.3, 0.4) is 0 Å². The quantitative estimate of drug-likeness (QED) is 0.455. The van der Waals surface area contributed by atoms with Gasteiger partial charge in [-0.2, -0.15) is 0 Å². The second kappa shape index (κ2) is 8.33. The number of nitro benzene ring substituents is 1. The standard InChI is InChI=1S/C17H15N3O5S2/c1-10-9-26-17(19-10)27-15-5-4-11(7-12(15)20(23)24)16(22)18-8-13(21)14-3-2-6-25-14/h2-7,9,13,21H,8H2,1H3,(H,18,22). The minimum absolute atomic E-state index is 0.0744. The van der Waals surface area contributed by atoms with Crippen LogP contribution in [0.25, 0.3) is 0 Å². The molecule has 0 radical (unpaired) electrons. The molecule has 1 aromatic carbocycles. The number of nitrogens with zero attached hydrogens (tertiary/aromatic N) is 2. The maximum Gasteiger partial charge on any atom is 0.284 e. The molecule has 27 heavy (non-hydrogen) atoms. The van der Waals surface area contributed by atoms with Crippen LogP contribution in [0.1, 0.15) is 27.9 Å². The zero-order valence-electron chi connectivity index (χ0n) is 14.1. The maximum absolute atomic E-state index is 12.3. The zero-order chi connectivity index (χ0) is 19.4. The van der Waals surface area contributed by atoms with Crippen molar-refractivity contribution in [2.45, 2.75) is 22.3 Å². The number of nitrogens with one attached hydrogen (secondary N) is 1. The first-order chi connectivity index (χ1) is 12.9. The monoisotopic (exact) mass is 405 g/mol. The van der Waals surface area contributed by atoms with Gasteiger partial charge in [0.25, 0.3) is 11.6 Å². The predicted octanol–water partition coefficient (Wildman–Crippen LogP) is 3.57. The summed E-state index contributed by atoms with van der Waals surface area (Å²) in [6.45, 7) is 1.77. The summed E-state index contributed by atoms with van der Waals surface area (Å²) < 4.78 is 5.75. The summed E-state index contributed by atoms with van der Waals surface area (Å²) in [5.74, 6) is -0.197. The molecule has 2 aromatic heterocycles. The first-order valence-corrected chi connectivity index (χ1v) is 9.51. The Morgan fingerprint density at radius 2 is 2.30 bits per heavy atom. The van der Waals surface area contributed by atoms with Gasteiger partial charge in [0, 0.05) is 22.7 Å². The van der Waals surface area contributed by atoms with E-state index in [1.165, 1.54) is 47.6 Å². The van der Waals surface area contributed by atoms with E-state index in [0.29, 0.717) is 15.0 Å². The molecule has 0 saturated heterocycles. The average Bonchev–Trinajstić information content (AvgIpc) is 3.31. The van der Waals surface area contributed by atoms with Gasteiger partial charge in [-0.1, -0.05) is 11.8 Å². The molecule has 1 amide bonds. The van der Waals surface area contributed by atoms with Crippen LogP contribution >= 0.6 is 23.1 Å². The number of thiazole rings is 1. The minimum atomic E-state index is -0.998. The van der Waals surface area contributed by atoms with Crippen molar-refractivity contribution in [3.63, 3.8) is 0 Å². The third-order valence-corrected chi connectivity index (χ3v) is 5.66. The van der Waals surface area contributed by atoms with Crippen LogP contribution in [0.4, 0.5) is 5.69 Å². The number of aryl methyl sites for hydroxylation is 1. The number of hydrogen-bond acceptors (Lipinski definition) is 8. The van der Waals surface area contributed by atoms with E-state index in [-0.39, 0.29) is 17.8 Å². The Kier molecular flexibility index (Phi) is 5.89. The van der Waals surface area contributed by atoms with Crippen LogP contribution in [-0.2, 0) is 0 Å². The van der Waals surface area contributed by atoms with Gasteiger partial charge >= 0.3 is 0 Å². The zero-order valence-corrected chi connectivity index (χ0v) is 15.8. The molecule has 0 aliphatic rings. The van der Waals surface area contributed by atoms with Gasteiger partial charge in [0.05, 0.1) is 22.6 Å². The molecule has 0 aliphatic heterocycles. The molecule has 3 rings (SSSR count). The van der Waals surface area contributed by atoms with E-state index in [1.54, 1.807) is 12.1 Å². The lowest BCUT2D eigenvalue weighted by atomic mass is 10.2. The van der Waals surface area contributed by atoms with Crippen LogP contribution in [0.15, 0.2) is 55.6 Å². The smallest absolute Gasteiger partial charge is 0.284 e. The van der Waals surface area contributed by atoms with Crippen molar-refractivity contribution in [1.29, 1.82) is 0 Å². The van der Waals surface area contributed by atoms with E-state index in [2.05, 4.69) is 10.3 Å². The molecule has 2 N–H and O–H groups in total. The van der Waals surface area contributed by atoms with Gasteiger partial charge in [-0.15, -0.1) is 11.3 Å². The number of amides is 1. The Morgan fingerprint density at radius 1 is 1.48 bits per heavy atom. The Hall–Kier alpha value is -2.69. The fourth-order valence-corrected chi connectivity index (χ4v) is 4.11. The minimum Gasteiger partial charge on any atom is -0.467 e. The lowest BCUT2D eigenvalue weighted by molar-refractivity contribution is -0.387. The molecule has 0 spiro atoms. The predicted molar refractivity (Wildman–Crippen MR) is 100 cm³/mol. The van der Waals surface area contributed by atoms with Gasteiger partial charge < -0.3 is 14.8 Å². The normalized spacial score (nSPS) is 11.9. The fourth-order valence-electron chi connectivity index (χ4n) is 2.23. The molecule has 140 valence electrons. The highest BCUT2D eigenvalue weighted by atomic mass is 32.2. The van der Waals surface area contributed by atoms with Crippen molar-refractivity contribution in [3.8, 4) is 0 Å². The number of carbonyl (C=O) groups excluding carboxylic acids is 1. The second-order valence-electron chi connectivity index (χ2n) is 5.54. The first-order valence-electron chi connectivity index (χ1n) is 7.82. The Morgan fingerprint density at radius 3 is 2.93 bits per heavy atom. The van der Waals surface area contributed by atoms with Gasteiger partial charge in [0.2, 0.25) is 0 Å². The summed E-state index contributed by atoms with van der Waals surface area (Å²) >= 11 is 2.58. The largest absolute Gasteiger partial charge is 0.467 e. The molecular formula is C17H15N3O5S2. The van der Waals surface area contributed by atoms with Crippen molar-refractivity contribution in [1.82, 2.24) is 10.3 Å². The summed E-state index contributed by atoms with van der Waals surface area (Å²) in [4.78, 5) is 27.8. The van der Waals surface area contributed by atoms with E-state index in [1.807, 2.05) is 12.3 Å². The van der Waals surface area contributed by atoms with Crippen LogP contribution in [0.5, 0.6) is 0 Å². The van der Waals surface area contributed by atoms with Crippen molar-refractivity contribution < 1.29 is 19.2 Å². The topological polar surface area (TPSA) is 119 Å². The van der Waals surface area contributed by atoms with E-state index in [9.17, 15) is 20.0 Å². The third-order valence-electron chi connectivity index (χ3n) is 3.54. The molecule has 1 unspecified atom stereocenters. The van der Waals surface area contributed by atoms with E-state index >= 15 is 0 Å². The summed E-state index contributed by atoms with van der Waals surface area (Å²) in [6.07, 6.45) is 0.422. The van der Waals surface area contributed by atoms with Gasteiger partial charge in [-0.25, -0.2) is 4.98 Å². The number of nitro groups is 1. The summed E-state index contributed by atoms with van der Waals surface area (Å²) in [5, 5.41) is 25.7. The summed E-state index contributed by atoms with van der Waals surface area (Å²) in [5.41, 5.74) is 0.802. The molecular weight excluding hydrogens is 390 g/mol. The van der Waals surface area contributed by atoms with Gasteiger partial charge in [-0.3, -0.25) is 14.9 Å². The van der Waals surface area contributed by atoms with Crippen LogP contribution in [-0.4, -0.2) is 27.5 Å². The molecule has 1 atom stereocenters. The molecule has 10 heteroatoms. The SMILES string of the molecule is Cc1csc(Sc2ccc(C(=O)NCC(O)c3ccco3)cc2[N+](=O)[O-])n1. The maximum atomic E-state index is 12.3. The Balaban J connectivity index is 1.72. The molecule has 0 aliphatic carbocycles. The molecule has 3 aromatic rings. The van der Waals surface area contributed by atoms with Crippen molar-refractivity contribution in [2.24, 2.45) is 0 Å². The lowest BCUT2D eigenvalue weighted by Gasteiger charge is -2.10. The number of aromatic nitrogens is 1. The highest BCUT2D eigenvalue weighted by molar-refractivity contribution is 8.01. The van der Waals surface area contributed by atoms with Crippen molar-refractivity contribution >= 4 is 34.7 Å². The highest BCUT2D eigenvalue weighted by Crippen LogP contribution is 2.36. The van der Waals surface area contributed by atoms with Gasteiger partial charge in [-0.05, 0) is 31.2 Å². The Labute approximate surface area is 162 Å². The second-order valence-corrected chi connectivity index (χ2v) is 7.68. The molecule has 2 heterocycles. The number of rotatable bonds is 7. The van der Waals surface area contributed by atoms with Crippen LogP contribution < -0.4 is 5.32 Å². The molecule has 0 fully saturated rings. The number of aliphatic hydroxyl groups excluding tert-OH is 1. The number of hydrogen-bond donors (Lipinski definition) is 2. The van der Waals surface area contributed by atoms with Crippen LogP contribution in [0.2, 0.25) is 0 Å². The molecule has 0 bridgehead atoms. The Bertz CT molecular complexity index is 955. The van der Waals surface area contributed by atoms with Gasteiger partial charge in [0.1, 0.15) is 11.9 Å². The van der Waals surface area contributed by atoms with Crippen LogP contribution in [0, 0.1) is 17.0 Å². The molecule has 8 nitrogen and oxygen atoms in total. The summed E-state index contributed by atoms with van der Waals surface area (Å²) in [7, 11) is 0. The lowest BCUT2D eigenvalue weighted by Crippen LogP contribution is -2.28. The number of benzene rings is 1. The number of carbonyl (C=O) groups is 1. The third kappa shape index (κ3) is 4.73. The van der Waals surface area contributed by atoms with E-state index in [0.717, 1.165) is 5.69 Å². The number of furan rings is 1. The van der Waals surface area contributed by atoms with Crippen molar-refractivity contribution in [3.05, 3.63) is 69.1 Å². The average molecular weight is 405 g/mol. The van der Waals surface area contributed by atoms with Crippen molar-refractivity contribution in [2.75, 3.05) is 6.54 Å². The summed E-state index contributed by atoms with van der Waals surface area (Å²) in [6, 6.07) is 7.47. The fraction of sp³-hybridized carbons (Fsp3) is 0.176. The van der Waals surface area contributed by atoms with E-state index < -0.39 is 16.9 Å². The number of aliphatic hydroxyl groups is 1. The highest BCUT2D eigenvalue weighted by Gasteiger charge is 2.20.